The lowest BCUT2D eigenvalue weighted by Gasteiger charge is -2.35. The van der Waals surface area contributed by atoms with Gasteiger partial charge in [0.25, 0.3) is 0 Å². The fraction of sp³-hybridized carbons (Fsp3) is 0.850. The molecule has 156 valence electrons. The highest BCUT2D eigenvalue weighted by molar-refractivity contribution is 5.84. The van der Waals surface area contributed by atoms with Crippen LogP contribution in [0.3, 0.4) is 0 Å². The fourth-order valence-electron chi connectivity index (χ4n) is 3.31. The van der Waals surface area contributed by atoms with Crippen molar-refractivity contribution in [3.8, 4) is 0 Å². The van der Waals surface area contributed by atoms with E-state index in [1.54, 1.807) is 7.05 Å². The van der Waals surface area contributed by atoms with Crippen molar-refractivity contribution >= 4 is 17.8 Å². The number of nitrogens with one attached hydrogen (secondary N) is 3. The topological polar surface area (TPSA) is 85.8 Å². The number of aliphatic imine (C=N–C) groups is 1. The van der Waals surface area contributed by atoms with Gasteiger partial charge in [-0.15, -0.1) is 0 Å². The summed E-state index contributed by atoms with van der Waals surface area (Å²) in [5, 5.41) is 9.57. The van der Waals surface area contributed by atoms with Crippen molar-refractivity contribution < 1.29 is 9.59 Å². The maximum absolute atomic E-state index is 12.5. The molecule has 0 aromatic rings. The van der Waals surface area contributed by atoms with Gasteiger partial charge in [0.1, 0.15) is 0 Å². The van der Waals surface area contributed by atoms with E-state index in [1.165, 1.54) is 0 Å². The molecule has 0 aliphatic carbocycles. The van der Waals surface area contributed by atoms with Crippen molar-refractivity contribution in [3.63, 3.8) is 0 Å². The normalized spacial score (nSPS) is 16.4. The van der Waals surface area contributed by atoms with Gasteiger partial charge in [0.2, 0.25) is 11.8 Å². The first kappa shape index (κ1) is 23.2. The predicted molar refractivity (Wildman–Crippen MR) is 111 cm³/mol. The zero-order chi connectivity index (χ0) is 20.4. The Morgan fingerprint density at radius 2 is 1.70 bits per heavy atom. The maximum atomic E-state index is 12.5. The second kappa shape index (κ2) is 11.1. The summed E-state index contributed by atoms with van der Waals surface area (Å²) in [4.78, 5) is 30.9. The van der Waals surface area contributed by atoms with Crippen molar-refractivity contribution in [2.24, 2.45) is 16.3 Å². The van der Waals surface area contributed by atoms with E-state index in [1.807, 2.05) is 25.7 Å². The molecule has 7 heteroatoms. The van der Waals surface area contributed by atoms with Gasteiger partial charge in [-0.3, -0.25) is 14.6 Å². The molecule has 1 fully saturated rings. The molecule has 0 spiro atoms. The van der Waals surface area contributed by atoms with Gasteiger partial charge < -0.3 is 20.9 Å². The Kier molecular flexibility index (Phi) is 9.60. The van der Waals surface area contributed by atoms with E-state index in [-0.39, 0.29) is 17.9 Å². The molecule has 0 aromatic carbocycles. The number of likely N-dealkylation sites (tertiary alicyclic amines) is 1. The van der Waals surface area contributed by atoms with Crippen molar-refractivity contribution in [1.29, 1.82) is 0 Å². The molecular weight excluding hydrogens is 342 g/mol. The number of carbonyl (C=O) groups is 2. The number of amides is 2. The molecule has 0 atom stereocenters. The molecule has 7 nitrogen and oxygen atoms in total. The molecule has 0 saturated carbocycles. The van der Waals surface area contributed by atoms with Gasteiger partial charge in [0.15, 0.2) is 5.96 Å². The Balaban J connectivity index is 2.47. The highest BCUT2D eigenvalue weighted by Crippen LogP contribution is 2.17. The van der Waals surface area contributed by atoms with Crippen LogP contribution in [0.15, 0.2) is 4.99 Å². The number of hydrogen-bond donors (Lipinski definition) is 3. The molecular formula is C20H39N5O2. The number of rotatable bonds is 8. The minimum Gasteiger partial charge on any atom is -0.356 e. The summed E-state index contributed by atoms with van der Waals surface area (Å²) in [6.07, 6.45) is 3.63. The summed E-state index contributed by atoms with van der Waals surface area (Å²) in [7, 11) is 1.74. The third-order valence-electron chi connectivity index (χ3n) is 5.36. The lowest BCUT2D eigenvalue weighted by molar-refractivity contribution is -0.136. The predicted octanol–water partition coefficient (Wildman–Crippen LogP) is 1.74. The maximum Gasteiger partial charge on any atom is 0.227 e. The average molecular weight is 382 g/mol. The number of piperidine rings is 1. The Hall–Kier alpha value is -1.79. The average Bonchev–Trinajstić information content (AvgIpc) is 2.66. The van der Waals surface area contributed by atoms with Crippen LogP contribution in [0.1, 0.15) is 60.3 Å². The monoisotopic (exact) mass is 381 g/mol. The Bertz CT molecular complexity index is 507. The highest BCUT2D eigenvalue weighted by atomic mass is 16.2. The SMILES string of the molecule is CCNC(=O)C(C)(C)CNC(=NC)NC1CCN(C(=O)C(CC)CC)CC1. The van der Waals surface area contributed by atoms with Gasteiger partial charge in [0.05, 0.1) is 5.41 Å². The number of guanidine groups is 1. The van der Waals surface area contributed by atoms with Gasteiger partial charge in [-0.05, 0) is 46.5 Å². The zero-order valence-corrected chi connectivity index (χ0v) is 18.0. The molecule has 2 amide bonds. The van der Waals surface area contributed by atoms with E-state index >= 15 is 0 Å². The van der Waals surface area contributed by atoms with Crippen LogP contribution in [0, 0.1) is 11.3 Å². The van der Waals surface area contributed by atoms with Crippen LogP contribution in [-0.2, 0) is 9.59 Å². The molecule has 0 bridgehead atoms. The molecule has 1 heterocycles. The molecule has 1 rings (SSSR count). The van der Waals surface area contributed by atoms with Gasteiger partial charge in [-0.1, -0.05) is 13.8 Å². The van der Waals surface area contributed by atoms with Crippen LogP contribution >= 0.6 is 0 Å². The van der Waals surface area contributed by atoms with Crippen LogP contribution in [0.25, 0.3) is 0 Å². The minimum atomic E-state index is -0.515. The first-order chi connectivity index (χ1) is 12.8. The Labute approximate surface area is 164 Å². The van der Waals surface area contributed by atoms with Crippen molar-refractivity contribution in [3.05, 3.63) is 0 Å². The largest absolute Gasteiger partial charge is 0.356 e. The molecule has 0 radical (unpaired) electrons. The lowest BCUT2D eigenvalue weighted by atomic mass is 9.92. The smallest absolute Gasteiger partial charge is 0.227 e. The van der Waals surface area contributed by atoms with E-state index in [0.717, 1.165) is 38.8 Å². The van der Waals surface area contributed by atoms with Crippen LogP contribution < -0.4 is 16.0 Å². The molecule has 1 aliphatic rings. The standard InChI is InChI=1S/C20H39N5O2/c1-7-15(8-2)17(26)25-12-10-16(11-13-25)24-19(21-6)23-14-20(4,5)18(27)22-9-3/h15-16H,7-14H2,1-6H3,(H,22,27)(H2,21,23,24). The lowest BCUT2D eigenvalue weighted by Crippen LogP contribution is -2.52. The first-order valence-corrected chi connectivity index (χ1v) is 10.3. The first-order valence-electron chi connectivity index (χ1n) is 10.3. The summed E-state index contributed by atoms with van der Waals surface area (Å²) >= 11 is 0. The number of carbonyl (C=O) groups excluding carboxylic acids is 2. The van der Waals surface area contributed by atoms with Crippen molar-refractivity contribution in [1.82, 2.24) is 20.9 Å². The minimum absolute atomic E-state index is 0.0289. The molecule has 0 aromatic heterocycles. The number of nitrogens with zero attached hydrogens (tertiary/aromatic N) is 2. The second-order valence-corrected chi connectivity index (χ2v) is 7.93. The van der Waals surface area contributed by atoms with Crippen molar-refractivity contribution in [2.75, 3.05) is 33.2 Å². The van der Waals surface area contributed by atoms with Crippen molar-refractivity contribution in [2.45, 2.75) is 66.3 Å². The quantitative estimate of drug-likeness (QED) is 0.442. The van der Waals surface area contributed by atoms with Crippen LogP contribution in [0.5, 0.6) is 0 Å². The second-order valence-electron chi connectivity index (χ2n) is 7.93. The van der Waals surface area contributed by atoms with E-state index in [2.05, 4.69) is 34.8 Å². The summed E-state index contributed by atoms with van der Waals surface area (Å²) in [5.74, 6) is 1.18. The number of hydrogen-bond acceptors (Lipinski definition) is 3. The molecule has 27 heavy (non-hydrogen) atoms. The van der Waals surface area contributed by atoms with Gasteiger partial charge in [-0.2, -0.15) is 0 Å². The van der Waals surface area contributed by atoms with Gasteiger partial charge in [-0.25, -0.2) is 0 Å². The van der Waals surface area contributed by atoms with Gasteiger partial charge >= 0.3 is 0 Å². The summed E-state index contributed by atoms with van der Waals surface area (Å²) < 4.78 is 0. The van der Waals surface area contributed by atoms with Gasteiger partial charge in [0, 0.05) is 45.2 Å². The summed E-state index contributed by atoms with van der Waals surface area (Å²) in [6, 6.07) is 0.287. The van der Waals surface area contributed by atoms with E-state index in [4.69, 9.17) is 0 Å². The van der Waals surface area contributed by atoms with Crippen LogP contribution in [0.2, 0.25) is 0 Å². The fourth-order valence-corrected chi connectivity index (χ4v) is 3.31. The third-order valence-corrected chi connectivity index (χ3v) is 5.36. The Morgan fingerprint density at radius 3 is 2.19 bits per heavy atom. The third kappa shape index (κ3) is 7.03. The Morgan fingerprint density at radius 1 is 1.11 bits per heavy atom. The summed E-state index contributed by atoms with van der Waals surface area (Å²) in [5.41, 5.74) is -0.515. The van der Waals surface area contributed by atoms with E-state index in [0.29, 0.717) is 25.0 Å². The van der Waals surface area contributed by atoms with Crippen LogP contribution in [0.4, 0.5) is 0 Å². The van der Waals surface area contributed by atoms with Crippen LogP contribution in [-0.4, -0.2) is 61.9 Å². The van der Waals surface area contributed by atoms with E-state index in [9.17, 15) is 9.59 Å². The molecule has 0 unspecified atom stereocenters. The molecule has 1 aliphatic heterocycles. The molecule has 3 N–H and O–H groups in total. The molecule has 1 saturated heterocycles. The highest BCUT2D eigenvalue weighted by Gasteiger charge is 2.29. The zero-order valence-electron chi connectivity index (χ0n) is 18.0. The summed E-state index contributed by atoms with van der Waals surface area (Å²) in [6.45, 7) is 12.6. The van der Waals surface area contributed by atoms with E-state index < -0.39 is 5.41 Å².